The summed E-state index contributed by atoms with van der Waals surface area (Å²) in [5, 5.41) is 16.0. The van der Waals surface area contributed by atoms with Gasteiger partial charge < -0.3 is 15.3 Å². The molecule has 0 unspecified atom stereocenters. The van der Waals surface area contributed by atoms with Crippen LogP contribution in [-0.2, 0) is 0 Å². The fourth-order valence-electron chi connectivity index (χ4n) is 2.64. The molecule has 2 amide bonds. The molecule has 0 saturated carbocycles. The van der Waals surface area contributed by atoms with Crippen molar-refractivity contribution in [2.24, 2.45) is 0 Å². The van der Waals surface area contributed by atoms with Gasteiger partial charge in [-0.25, -0.2) is 9.48 Å². The standard InChI is InChI=1S/C16H21N5O2/c22-13-12-19-8-10-20(11-9-19)16(23)18-14-2-4-15(5-3-14)21-7-1-6-17-21/h1-7,22H,8-13H2,(H,18,23). The minimum Gasteiger partial charge on any atom is -0.395 e. The average molecular weight is 315 g/mol. The van der Waals surface area contributed by atoms with Gasteiger partial charge in [0.15, 0.2) is 0 Å². The molecule has 1 aromatic heterocycles. The van der Waals surface area contributed by atoms with E-state index in [1.54, 1.807) is 15.8 Å². The molecule has 7 nitrogen and oxygen atoms in total. The van der Waals surface area contributed by atoms with Gasteiger partial charge in [-0.1, -0.05) is 0 Å². The zero-order valence-corrected chi connectivity index (χ0v) is 12.9. The van der Waals surface area contributed by atoms with Crippen LogP contribution in [0.5, 0.6) is 0 Å². The normalized spacial score (nSPS) is 15.6. The minimum atomic E-state index is -0.0829. The van der Waals surface area contributed by atoms with E-state index in [0.29, 0.717) is 19.6 Å². The minimum absolute atomic E-state index is 0.0829. The maximum absolute atomic E-state index is 12.3. The van der Waals surface area contributed by atoms with Gasteiger partial charge in [0.2, 0.25) is 0 Å². The molecule has 0 aliphatic carbocycles. The Hall–Kier alpha value is -2.38. The molecule has 2 aromatic rings. The van der Waals surface area contributed by atoms with Gasteiger partial charge in [-0.05, 0) is 30.3 Å². The SMILES string of the molecule is O=C(Nc1ccc(-n2cccn2)cc1)N1CCN(CCO)CC1. The number of urea groups is 1. The number of piperazine rings is 1. The van der Waals surface area contributed by atoms with Crippen molar-refractivity contribution < 1.29 is 9.90 Å². The summed E-state index contributed by atoms with van der Waals surface area (Å²) in [5.74, 6) is 0. The van der Waals surface area contributed by atoms with Crippen molar-refractivity contribution in [1.29, 1.82) is 0 Å². The van der Waals surface area contributed by atoms with E-state index >= 15 is 0 Å². The summed E-state index contributed by atoms with van der Waals surface area (Å²) in [6.07, 6.45) is 3.60. The van der Waals surface area contributed by atoms with Crippen LogP contribution in [0.2, 0.25) is 0 Å². The summed E-state index contributed by atoms with van der Waals surface area (Å²) in [4.78, 5) is 16.2. The molecule has 0 bridgehead atoms. The number of nitrogens with zero attached hydrogens (tertiary/aromatic N) is 4. The smallest absolute Gasteiger partial charge is 0.321 e. The summed E-state index contributed by atoms with van der Waals surface area (Å²) in [7, 11) is 0. The zero-order chi connectivity index (χ0) is 16.1. The number of hydrogen-bond acceptors (Lipinski definition) is 4. The van der Waals surface area contributed by atoms with E-state index in [1.165, 1.54) is 0 Å². The van der Waals surface area contributed by atoms with E-state index in [0.717, 1.165) is 24.5 Å². The Bertz CT molecular complexity index is 618. The van der Waals surface area contributed by atoms with E-state index < -0.39 is 0 Å². The van der Waals surface area contributed by atoms with E-state index in [4.69, 9.17) is 5.11 Å². The second-order valence-corrected chi connectivity index (χ2v) is 5.48. The molecule has 0 radical (unpaired) electrons. The quantitative estimate of drug-likeness (QED) is 0.883. The molecule has 23 heavy (non-hydrogen) atoms. The molecule has 1 aliphatic rings. The van der Waals surface area contributed by atoms with Gasteiger partial charge >= 0.3 is 6.03 Å². The third-order valence-electron chi connectivity index (χ3n) is 3.96. The van der Waals surface area contributed by atoms with Crippen LogP contribution >= 0.6 is 0 Å². The molecule has 1 aliphatic heterocycles. The first-order valence-electron chi connectivity index (χ1n) is 7.75. The monoisotopic (exact) mass is 315 g/mol. The molecule has 1 aromatic carbocycles. The lowest BCUT2D eigenvalue weighted by molar-refractivity contribution is 0.127. The molecular weight excluding hydrogens is 294 g/mol. The highest BCUT2D eigenvalue weighted by molar-refractivity contribution is 5.89. The Labute approximate surface area is 135 Å². The van der Waals surface area contributed by atoms with Crippen molar-refractivity contribution in [1.82, 2.24) is 19.6 Å². The van der Waals surface area contributed by atoms with Crippen molar-refractivity contribution in [3.63, 3.8) is 0 Å². The van der Waals surface area contributed by atoms with Gasteiger partial charge in [-0.2, -0.15) is 5.10 Å². The number of aliphatic hydroxyl groups is 1. The number of β-amino-alcohol motifs (C(OH)–C–C–N with tert-alkyl or cyclic N) is 1. The number of hydrogen-bond donors (Lipinski definition) is 2. The number of aliphatic hydroxyl groups excluding tert-OH is 1. The van der Waals surface area contributed by atoms with Crippen LogP contribution in [0.25, 0.3) is 5.69 Å². The molecule has 2 heterocycles. The van der Waals surface area contributed by atoms with Crippen LogP contribution in [0, 0.1) is 0 Å². The van der Waals surface area contributed by atoms with E-state index in [1.807, 2.05) is 36.5 Å². The predicted octanol–water partition coefficient (Wildman–Crippen LogP) is 1.01. The first kappa shape index (κ1) is 15.5. The summed E-state index contributed by atoms with van der Waals surface area (Å²) >= 11 is 0. The lowest BCUT2D eigenvalue weighted by Gasteiger charge is -2.34. The van der Waals surface area contributed by atoms with Gasteiger partial charge in [-0.15, -0.1) is 0 Å². The molecule has 1 saturated heterocycles. The lowest BCUT2D eigenvalue weighted by Crippen LogP contribution is -2.50. The van der Waals surface area contributed by atoms with Crippen molar-refractivity contribution in [2.45, 2.75) is 0 Å². The number of anilines is 1. The molecule has 122 valence electrons. The molecule has 0 atom stereocenters. The summed E-state index contributed by atoms with van der Waals surface area (Å²) in [5.41, 5.74) is 1.72. The topological polar surface area (TPSA) is 73.6 Å². The highest BCUT2D eigenvalue weighted by Gasteiger charge is 2.20. The van der Waals surface area contributed by atoms with Crippen molar-refractivity contribution in [3.05, 3.63) is 42.7 Å². The summed E-state index contributed by atoms with van der Waals surface area (Å²) in [6.45, 7) is 3.78. The molecule has 0 spiro atoms. The molecule has 3 rings (SSSR count). The lowest BCUT2D eigenvalue weighted by atomic mass is 10.3. The summed E-state index contributed by atoms with van der Waals surface area (Å²) in [6, 6.07) is 9.37. The first-order valence-corrected chi connectivity index (χ1v) is 7.75. The van der Waals surface area contributed by atoms with Crippen molar-refractivity contribution in [3.8, 4) is 5.69 Å². The predicted molar refractivity (Wildman–Crippen MR) is 87.7 cm³/mol. The zero-order valence-electron chi connectivity index (χ0n) is 12.9. The fourth-order valence-corrected chi connectivity index (χ4v) is 2.64. The molecule has 1 fully saturated rings. The van der Waals surface area contributed by atoms with E-state index in [-0.39, 0.29) is 12.6 Å². The van der Waals surface area contributed by atoms with Crippen molar-refractivity contribution in [2.75, 3.05) is 44.6 Å². The molecule has 2 N–H and O–H groups in total. The van der Waals surface area contributed by atoms with Crippen LogP contribution in [0.15, 0.2) is 42.7 Å². The molecule has 7 heteroatoms. The number of benzene rings is 1. The summed E-state index contributed by atoms with van der Waals surface area (Å²) < 4.78 is 1.77. The number of nitrogens with one attached hydrogen (secondary N) is 1. The van der Waals surface area contributed by atoms with E-state index in [9.17, 15) is 4.79 Å². The Morgan fingerprint density at radius 2 is 1.91 bits per heavy atom. The Morgan fingerprint density at radius 3 is 2.52 bits per heavy atom. The highest BCUT2D eigenvalue weighted by Crippen LogP contribution is 2.13. The number of amides is 2. The van der Waals surface area contributed by atoms with E-state index in [2.05, 4.69) is 15.3 Å². The van der Waals surface area contributed by atoms with Crippen molar-refractivity contribution >= 4 is 11.7 Å². The van der Waals surface area contributed by atoms with Crippen LogP contribution in [0.1, 0.15) is 0 Å². The first-order chi connectivity index (χ1) is 11.3. The highest BCUT2D eigenvalue weighted by atomic mass is 16.3. The number of carbonyl (C=O) groups excluding carboxylic acids is 1. The fraction of sp³-hybridized carbons (Fsp3) is 0.375. The van der Waals surface area contributed by atoms with Crippen LogP contribution < -0.4 is 5.32 Å². The Kier molecular flexibility index (Phi) is 4.89. The van der Waals surface area contributed by atoms with Crippen LogP contribution in [0.4, 0.5) is 10.5 Å². The number of rotatable bonds is 4. The second kappa shape index (κ2) is 7.26. The number of aromatic nitrogens is 2. The molecular formula is C16H21N5O2. The maximum Gasteiger partial charge on any atom is 0.321 e. The van der Waals surface area contributed by atoms with Gasteiger partial charge in [0, 0.05) is 50.8 Å². The van der Waals surface area contributed by atoms with Crippen LogP contribution in [0.3, 0.4) is 0 Å². The number of carbonyl (C=O) groups is 1. The second-order valence-electron chi connectivity index (χ2n) is 5.48. The van der Waals surface area contributed by atoms with Crippen LogP contribution in [-0.4, -0.2) is 70.0 Å². The Morgan fingerprint density at radius 1 is 1.17 bits per heavy atom. The third-order valence-corrected chi connectivity index (χ3v) is 3.96. The Balaban J connectivity index is 1.54. The van der Waals surface area contributed by atoms with Gasteiger partial charge in [0.1, 0.15) is 0 Å². The largest absolute Gasteiger partial charge is 0.395 e. The average Bonchev–Trinajstić information content (AvgIpc) is 3.11. The van der Waals surface area contributed by atoms with Gasteiger partial charge in [0.05, 0.1) is 12.3 Å². The third kappa shape index (κ3) is 3.88. The van der Waals surface area contributed by atoms with Gasteiger partial charge in [-0.3, -0.25) is 4.90 Å². The van der Waals surface area contributed by atoms with Gasteiger partial charge in [0.25, 0.3) is 0 Å². The maximum atomic E-state index is 12.3.